The van der Waals surface area contributed by atoms with Crippen molar-refractivity contribution >= 4 is 34.4 Å². The zero-order valence-electron chi connectivity index (χ0n) is 19.1. The maximum absolute atomic E-state index is 15.4. The van der Waals surface area contributed by atoms with Crippen LogP contribution in [-0.2, 0) is 0 Å². The van der Waals surface area contributed by atoms with Crippen molar-refractivity contribution in [1.82, 2.24) is 9.47 Å². The Bertz CT molecular complexity index is 1470. The van der Waals surface area contributed by atoms with Gasteiger partial charge in [-0.1, -0.05) is 0 Å². The second kappa shape index (κ2) is 8.66. The van der Waals surface area contributed by atoms with Gasteiger partial charge in [-0.05, 0) is 25.0 Å². The van der Waals surface area contributed by atoms with E-state index in [1.807, 2.05) is 0 Å². The third-order valence-corrected chi connectivity index (χ3v) is 6.44. The molecule has 1 aromatic carbocycles. The number of nitro groups is 1. The molecular weight excluding hydrogens is 479 g/mol. The van der Waals surface area contributed by atoms with Crippen molar-refractivity contribution in [3.63, 3.8) is 0 Å². The fourth-order valence-electron chi connectivity index (χ4n) is 4.55. The minimum atomic E-state index is -1.39. The number of anilines is 1. The Morgan fingerprint density at radius 1 is 1.22 bits per heavy atom. The van der Waals surface area contributed by atoms with E-state index in [4.69, 9.17) is 9.15 Å². The zero-order valence-corrected chi connectivity index (χ0v) is 19.1. The summed E-state index contributed by atoms with van der Waals surface area (Å²) in [4.78, 5) is 50.4. The standard InChI is InChI=1S/C23H21FN4O8/c1-35-21-18-13(20(29)14(23(31)32)11-27(18)12-2-3-12)10-15(24)19(21)25-6-8-26(9-7-25)22(30)16-4-5-17(36-16)28(33)34/h4-5,10-12H,2-3,6-9H2,1H3,(H,31,32). The highest BCUT2D eigenvalue weighted by atomic mass is 19.1. The van der Waals surface area contributed by atoms with Crippen LogP contribution in [0.2, 0.25) is 0 Å². The molecule has 2 aliphatic rings. The van der Waals surface area contributed by atoms with Gasteiger partial charge in [-0.15, -0.1) is 0 Å². The van der Waals surface area contributed by atoms with E-state index in [1.54, 1.807) is 9.47 Å². The molecule has 0 unspecified atom stereocenters. The molecule has 2 fully saturated rings. The van der Waals surface area contributed by atoms with Gasteiger partial charge in [0.05, 0.1) is 24.1 Å². The normalized spacial score (nSPS) is 15.8. The predicted octanol–water partition coefficient (Wildman–Crippen LogP) is 2.65. The molecule has 0 spiro atoms. The first-order valence-electron chi connectivity index (χ1n) is 11.2. The largest absolute Gasteiger partial charge is 0.492 e. The lowest BCUT2D eigenvalue weighted by Gasteiger charge is -2.36. The molecule has 3 heterocycles. The number of carbonyl (C=O) groups excluding carboxylic acids is 1. The number of hydrogen-bond donors (Lipinski definition) is 1. The zero-order chi connectivity index (χ0) is 25.7. The summed E-state index contributed by atoms with van der Waals surface area (Å²) < 4.78 is 27.7. The van der Waals surface area contributed by atoms with Gasteiger partial charge >= 0.3 is 11.9 Å². The first kappa shape index (κ1) is 23.3. The number of nitrogens with zero attached hydrogens (tertiary/aromatic N) is 4. The third-order valence-electron chi connectivity index (χ3n) is 6.44. The minimum absolute atomic E-state index is 0.0229. The molecule has 3 aromatic rings. The number of pyridine rings is 1. The van der Waals surface area contributed by atoms with Gasteiger partial charge in [-0.2, -0.15) is 0 Å². The van der Waals surface area contributed by atoms with Gasteiger partial charge < -0.3 is 28.6 Å². The Morgan fingerprint density at radius 3 is 2.47 bits per heavy atom. The maximum Gasteiger partial charge on any atom is 0.433 e. The molecule has 0 bridgehead atoms. The molecule has 188 valence electrons. The molecule has 1 saturated heterocycles. The topological polar surface area (TPSA) is 148 Å². The Labute approximate surface area is 202 Å². The van der Waals surface area contributed by atoms with Crippen LogP contribution in [0.3, 0.4) is 0 Å². The number of aromatic carboxylic acids is 1. The molecule has 0 atom stereocenters. The van der Waals surface area contributed by atoms with Crippen LogP contribution in [0.1, 0.15) is 39.8 Å². The number of amides is 1. The van der Waals surface area contributed by atoms with Crippen molar-refractivity contribution in [1.29, 1.82) is 0 Å². The van der Waals surface area contributed by atoms with Gasteiger partial charge in [0.1, 0.15) is 16.2 Å². The number of hydrogen-bond acceptors (Lipinski definition) is 8. The number of ether oxygens (including phenoxy) is 1. The van der Waals surface area contributed by atoms with Crippen LogP contribution >= 0.6 is 0 Å². The molecule has 1 amide bonds. The smallest absolute Gasteiger partial charge is 0.433 e. The Morgan fingerprint density at radius 2 is 1.92 bits per heavy atom. The highest BCUT2D eigenvalue weighted by molar-refractivity contribution is 5.97. The van der Waals surface area contributed by atoms with Gasteiger partial charge in [-0.25, -0.2) is 9.18 Å². The molecule has 2 aromatic heterocycles. The molecular formula is C23H21FN4O8. The number of benzene rings is 1. The van der Waals surface area contributed by atoms with Crippen LogP contribution < -0.4 is 15.1 Å². The Kier molecular flexibility index (Phi) is 5.61. The number of fused-ring (bicyclic) bond motifs is 1. The van der Waals surface area contributed by atoms with Crippen LogP contribution in [0.25, 0.3) is 10.9 Å². The highest BCUT2D eigenvalue weighted by Gasteiger charge is 2.33. The average molecular weight is 500 g/mol. The predicted molar refractivity (Wildman–Crippen MR) is 123 cm³/mol. The van der Waals surface area contributed by atoms with E-state index >= 15 is 4.39 Å². The van der Waals surface area contributed by atoms with E-state index in [0.717, 1.165) is 25.0 Å². The minimum Gasteiger partial charge on any atom is -0.492 e. The van der Waals surface area contributed by atoms with Crippen molar-refractivity contribution in [2.24, 2.45) is 0 Å². The number of halogens is 1. The molecule has 1 N–H and O–H groups in total. The highest BCUT2D eigenvalue weighted by Crippen LogP contribution is 2.43. The summed E-state index contributed by atoms with van der Waals surface area (Å²) in [7, 11) is 1.36. The first-order chi connectivity index (χ1) is 17.2. The second-order valence-electron chi connectivity index (χ2n) is 8.63. The van der Waals surface area contributed by atoms with Crippen molar-refractivity contribution in [3.8, 4) is 5.75 Å². The summed E-state index contributed by atoms with van der Waals surface area (Å²) in [5.41, 5.74) is -0.787. The Hall–Kier alpha value is -4.42. The van der Waals surface area contributed by atoms with Crippen LogP contribution in [-0.4, -0.2) is 64.7 Å². The summed E-state index contributed by atoms with van der Waals surface area (Å²) in [6.45, 7) is 0.797. The summed E-state index contributed by atoms with van der Waals surface area (Å²) in [6, 6.07) is 3.36. The van der Waals surface area contributed by atoms with Gasteiger partial charge in [0.15, 0.2) is 17.3 Å². The van der Waals surface area contributed by atoms with Crippen molar-refractivity contribution in [2.75, 3.05) is 38.2 Å². The lowest BCUT2D eigenvalue weighted by Crippen LogP contribution is -2.49. The lowest BCUT2D eigenvalue weighted by molar-refractivity contribution is -0.402. The van der Waals surface area contributed by atoms with Crippen LogP contribution in [0, 0.1) is 15.9 Å². The van der Waals surface area contributed by atoms with Crippen molar-refractivity contribution in [3.05, 3.63) is 61.9 Å². The summed E-state index contributed by atoms with van der Waals surface area (Å²) in [5.74, 6) is -3.23. The number of aromatic nitrogens is 1. The number of furan rings is 1. The van der Waals surface area contributed by atoms with E-state index in [1.165, 1.54) is 24.3 Å². The molecule has 12 nitrogen and oxygen atoms in total. The van der Waals surface area contributed by atoms with Crippen LogP contribution in [0.15, 0.2) is 33.6 Å². The van der Waals surface area contributed by atoms with Gasteiger partial charge in [0.2, 0.25) is 5.43 Å². The molecule has 0 radical (unpaired) electrons. The first-order valence-corrected chi connectivity index (χ1v) is 11.2. The van der Waals surface area contributed by atoms with Crippen molar-refractivity contribution < 1.29 is 33.2 Å². The second-order valence-corrected chi connectivity index (χ2v) is 8.63. The van der Waals surface area contributed by atoms with Gasteiger partial charge in [0.25, 0.3) is 5.91 Å². The van der Waals surface area contributed by atoms with E-state index in [0.29, 0.717) is 5.52 Å². The monoisotopic (exact) mass is 500 g/mol. The van der Waals surface area contributed by atoms with E-state index in [2.05, 4.69) is 0 Å². The molecule has 1 saturated carbocycles. The van der Waals surface area contributed by atoms with Crippen LogP contribution in [0.4, 0.5) is 16.0 Å². The fourth-order valence-corrected chi connectivity index (χ4v) is 4.55. The third kappa shape index (κ3) is 3.82. The number of carboxylic acid groups (broad SMARTS) is 1. The van der Waals surface area contributed by atoms with Gasteiger partial charge in [0, 0.05) is 38.4 Å². The number of methoxy groups -OCH3 is 1. The lowest BCUT2D eigenvalue weighted by atomic mass is 10.1. The number of carbonyl (C=O) groups is 2. The molecule has 1 aliphatic heterocycles. The number of rotatable bonds is 6. The fraction of sp³-hybridized carbons (Fsp3) is 0.348. The molecule has 5 rings (SSSR count). The average Bonchev–Trinajstić information content (AvgIpc) is 3.58. The van der Waals surface area contributed by atoms with Gasteiger partial charge in [-0.3, -0.25) is 19.7 Å². The summed E-state index contributed by atoms with van der Waals surface area (Å²) in [5, 5.41) is 20.2. The molecule has 1 aliphatic carbocycles. The van der Waals surface area contributed by atoms with E-state index in [-0.39, 0.29) is 54.8 Å². The number of carboxylic acids is 1. The summed E-state index contributed by atoms with van der Waals surface area (Å²) in [6.07, 6.45) is 2.87. The molecule has 36 heavy (non-hydrogen) atoms. The molecule has 13 heteroatoms. The maximum atomic E-state index is 15.4. The van der Waals surface area contributed by atoms with Crippen molar-refractivity contribution in [2.45, 2.75) is 18.9 Å². The summed E-state index contributed by atoms with van der Waals surface area (Å²) >= 11 is 0. The Balaban J connectivity index is 1.49. The SMILES string of the molecule is COc1c(N2CCN(C(=O)c3ccc([N+](=O)[O-])o3)CC2)c(F)cc2c(=O)c(C(=O)O)cn(C3CC3)c12. The number of piperazine rings is 1. The van der Waals surface area contributed by atoms with E-state index in [9.17, 15) is 29.6 Å². The van der Waals surface area contributed by atoms with Crippen LogP contribution in [0.5, 0.6) is 5.75 Å². The quantitative estimate of drug-likeness (QED) is 0.398. The van der Waals surface area contributed by atoms with E-state index < -0.39 is 39.5 Å².